The minimum Gasteiger partial charge on any atom is -0.308 e. The lowest BCUT2D eigenvalue weighted by Gasteiger charge is -2.10. The lowest BCUT2D eigenvalue weighted by Crippen LogP contribution is -2.32. The van der Waals surface area contributed by atoms with Gasteiger partial charge >= 0.3 is 0 Å². The van der Waals surface area contributed by atoms with Gasteiger partial charge < -0.3 is 4.57 Å². The normalized spacial score (nSPS) is 11.7. The highest BCUT2D eigenvalue weighted by Gasteiger charge is 2.19. The van der Waals surface area contributed by atoms with Gasteiger partial charge in [-0.2, -0.15) is 4.57 Å². The van der Waals surface area contributed by atoms with E-state index in [9.17, 15) is 0 Å². The van der Waals surface area contributed by atoms with Crippen LogP contribution in [0.15, 0.2) is 30.9 Å². The summed E-state index contributed by atoms with van der Waals surface area (Å²) in [4.78, 5) is 4.39. The average Bonchev–Trinajstić information content (AvgIpc) is 2.93. The summed E-state index contributed by atoms with van der Waals surface area (Å²) < 4.78 is 6.38. The third kappa shape index (κ3) is 1.83. The number of pyridine rings is 1. The third-order valence-corrected chi connectivity index (χ3v) is 3.97. The van der Waals surface area contributed by atoms with Crippen LogP contribution in [0.1, 0.15) is 30.9 Å². The molecule has 3 heterocycles. The molecule has 0 N–H and O–H groups in total. The van der Waals surface area contributed by atoms with Crippen LogP contribution in [0.4, 0.5) is 0 Å². The van der Waals surface area contributed by atoms with Crippen LogP contribution < -0.4 is 4.57 Å². The fourth-order valence-corrected chi connectivity index (χ4v) is 2.90. The molecule has 0 radical (unpaired) electrons. The molecule has 4 heteroatoms. The molecule has 0 saturated carbocycles. The Balaban J connectivity index is 2.25. The molecular formula is C16H21N4+. The quantitative estimate of drug-likeness (QED) is 0.657. The molecule has 0 aliphatic carbocycles. The average molecular weight is 269 g/mol. The van der Waals surface area contributed by atoms with E-state index in [-0.39, 0.29) is 0 Å². The predicted molar refractivity (Wildman–Crippen MR) is 79.6 cm³/mol. The molecule has 0 atom stereocenters. The van der Waals surface area contributed by atoms with E-state index in [1.165, 1.54) is 22.5 Å². The van der Waals surface area contributed by atoms with Crippen molar-refractivity contribution in [3.8, 4) is 11.4 Å². The SMILES string of the molecule is Cc1c[n+](C)c(-c2cn3ccnc3n2C)cc1C(C)C. The van der Waals surface area contributed by atoms with Gasteiger partial charge in [-0.3, -0.25) is 4.40 Å². The van der Waals surface area contributed by atoms with Crippen molar-refractivity contribution in [1.29, 1.82) is 0 Å². The molecule has 0 aliphatic heterocycles. The first-order valence-corrected chi connectivity index (χ1v) is 6.98. The van der Waals surface area contributed by atoms with Gasteiger partial charge in [-0.05, 0) is 18.4 Å². The number of aryl methyl sites for hydroxylation is 3. The Hall–Kier alpha value is -2.10. The molecule has 3 aromatic heterocycles. The van der Waals surface area contributed by atoms with Crippen molar-refractivity contribution in [3.63, 3.8) is 0 Å². The molecule has 0 saturated heterocycles. The Morgan fingerprint density at radius 3 is 2.70 bits per heavy atom. The summed E-state index contributed by atoms with van der Waals surface area (Å²) in [5, 5.41) is 0. The van der Waals surface area contributed by atoms with Crippen LogP contribution in [0.25, 0.3) is 17.2 Å². The number of imidazole rings is 2. The van der Waals surface area contributed by atoms with Crippen molar-refractivity contribution in [2.24, 2.45) is 14.1 Å². The van der Waals surface area contributed by atoms with E-state index < -0.39 is 0 Å². The first-order chi connectivity index (χ1) is 9.49. The molecule has 0 aromatic carbocycles. The van der Waals surface area contributed by atoms with Gasteiger partial charge in [0.2, 0.25) is 11.5 Å². The first kappa shape index (κ1) is 12.9. The molecule has 4 nitrogen and oxygen atoms in total. The van der Waals surface area contributed by atoms with Crippen molar-refractivity contribution in [3.05, 3.63) is 42.0 Å². The van der Waals surface area contributed by atoms with Gasteiger partial charge in [0.05, 0.1) is 0 Å². The molecule has 3 rings (SSSR count). The number of rotatable bonds is 2. The van der Waals surface area contributed by atoms with Crippen LogP contribution in [0, 0.1) is 6.92 Å². The van der Waals surface area contributed by atoms with Gasteiger partial charge in [0.15, 0.2) is 6.20 Å². The Labute approximate surface area is 119 Å². The van der Waals surface area contributed by atoms with Crippen LogP contribution in [-0.2, 0) is 14.1 Å². The van der Waals surface area contributed by atoms with Gasteiger partial charge in [-0.15, -0.1) is 0 Å². The molecule has 0 unspecified atom stereocenters. The molecule has 0 fully saturated rings. The summed E-state index contributed by atoms with van der Waals surface area (Å²) in [5.74, 6) is 1.49. The van der Waals surface area contributed by atoms with E-state index in [0.29, 0.717) is 5.92 Å². The third-order valence-electron chi connectivity index (χ3n) is 3.97. The summed E-state index contributed by atoms with van der Waals surface area (Å²) >= 11 is 0. The van der Waals surface area contributed by atoms with Gasteiger partial charge in [-0.1, -0.05) is 13.8 Å². The van der Waals surface area contributed by atoms with Crippen LogP contribution in [0.3, 0.4) is 0 Å². The summed E-state index contributed by atoms with van der Waals surface area (Å²) in [6.45, 7) is 6.66. The molecule has 20 heavy (non-hydrogen) atoms. The Bertz CT molecular complexity index is 777. The zero-order chi connectivity index (χ0) is 14.4. The number of fused-ring (bicyclic) bond motifs is 1. The number of aromatic nitrogens is 4. The zero-order valence-corrected chi connectivity index (χ0v) is 12.8. The Kier molecular flexibility index (Phi) is 2.89. The van der Waals surface area contributed by atoms with E-state index in [1.807, 2.05) is 12.4 Å². The number of nitrogens with zero attached hydrogens (tertiary/aromatic N) is 4. The van der Waals surface area contributed by atoms with E-state index in [0.717, 1.165) is 5.78 Å². The standard InChI is InChI=1S/C16H21N4/c1-11(2)13-8-14(18(4)9-12(13)3)15-10-20-7-6-17-16(20)19(15)5/h6-11H,1-5H3/q+1. The van der Waals surface area contributed by atoms with Crippen molar-refractivity contribution in [2.45, 2.75) is 26.7 Å². The largest absolute Gasteiger partial charge is 0.308 e. The van der Waals surface area contributed by atoms with E-state index in [4.69, 9.17) is 0 Å². The molecular weight excluding hydrogens is 248 g/mol. The van der Waals surface area contributed by atoms with Gasteiger partial charge in [0, 0.05) is 37.3 Å². The zero-order valence-electron chi connectivity index (χ0n) is 12.8. The Morgan fingerprint density at radius 2 is 2.05 bits per heavy atom. The van der Waals surface area contributed by atoms with Gasteiger partial charge in [0.25, 0.3) is 0 Å². The molecule has 3 aromatic rings. The lowest BCUT2D eigenvalue weighted by molar-refractivity contribution is -0.661. The molecule has 104 valence electrons. The Morgan fingerprint density at radius 1 is 1.30 bits per heavy atom. The van der Waals surface area contributed by atoms with Crippen molar-refractivity contribution < 1.29 is 4.57 Å². The van der Waals surface area contributed by atoms with Crippen molar-refractivity contribution in [1.82, 2.24) is 14.0 Å². The van der Waals surface area contributed by atoms with Gasteiger partial charge in [0.1, 0.15) is 12.7 Å². The lowest BCUT2D eigenvalue weighted by atomic mass is 9.98. The predicted octanol–water partition coefficient (Wildman–Crippen LogP) is 2.60. The van der Waals surface area contributed by atoms with Crippen LogP contribution in [0.2, 0.25) is 0 Å². The maximum absolute atomic E-state index is 4.39. The number of hydrogen-bond donors (Lipinski definition) is 0. The fourth-order valence-electron chi connectivity index (χ4n) is 2.90. The highest BCUT2D eigenvalue weighted by atomic mass is 15.2. The minimum absolute atomic E-state index is 0.527. The highest BCUT2D eigenvalue weighted by molar-refractivity contribution is 5.57. The molecule has 0 aliphatic rings. The van der Waals surface area contributed by atoms with Gasteiger partial charge in [-0.25, -0.2) is 4.98 Å². The first-order valence-electron chi connectivity index (χ1n) is 6.98. The minimum atomic E-state index is 0.527. The second kappa shape index (κ2) is 4.47. The highest BCUT2D eigenvalue weighted by Crippen LogP contribution is 2.24. The van der Waals surface area contributed by atoms with Crippen LogP contribution in [0.5, 0.6) is 0 Å². The second-order valence-electron chi connectivity index (χ2n) is 5.77. The molecule has 0 bridgehead atoms. The maximum Gasteiger partial charge on any atom is 0.230 e. The molecule has 0 spiro atoms. The van der Waals surface area contributed by atoms with E-state index >= 15 is 0 Å². The van der Waals surface area contributed by atoms with Crippen molar-refractivity contribution in [2.75, 3.05) is 0 Å². The van der Waals surface area contributed by atoms with Crippen LogP contribution >= 0.6 is 0 Å². The summed E-state index contributed by atoms with van der Waals surface area (Å²) in [5.41, 5.74) is 5.13. The number of hydrogen-bond acceptors (Lipinski definition) is 1. The monoisotopic (exact) mass is 269 g/mol. The van der Waals surface area contributed by atoms with E-state index in [2.05, 4.69) is 71.8 Å². The topological polar surface area (TPSA) is 26.1 Å². The van der Waals surface area contributed by atoms with Crippen LogP contribution in [-0.4, -0.2) is 14.0 Å². The van der Waals surface area contributed by atoms with Crippen molar-refractivity contribution >= 4 is 5.78 Å². The maximum atomic E-state index is 4.39. The summed E-state index contributed by atoms with van der Waals surface area (Å²) in [6, 6.07) is 2.30. The van der Waals surface area contributed by atoms with E-state index in [1.54, 1.807) is 0 Å². The molecule has 0 amide bonds. The summed E-state index contributed by atoms with van der Waals surface area (Å²) in [6.07, 6.45) is 8.15. The summed E-state index contributed by atoms with van der Waals surface area (Å²) in [7, 11) is 4.16. The second-order valence-corrected chi connectivity index (χ2v) is 5.77. The smallest absolute Gasteiger partial charge is 0.230 e. The fraction of sp³-hybridized carbons (Fsp3) is 0.375.